The van der Waals surface area contributed by atoms with Crippen LogP contribution in [0.4, 0.5) is 5.82 Å². The van der Waals surface area contributed by atoms with Crippen molar-refractivity contribution in [3.8, 4) is 0 Å². The summed E-state index contributed by atoms with van der Waals surface area (Å²) in [6.07, 6.45) is 9.84. The van der Waals surface area contributed by atoms with Crippen LogP contribution in [0.2, 0.25) is 0 Å². The lowest BCUT2D eigenvalue weighted by Gasteiger charge is -2.13. The van der Waals surface area contributed by atoms with Gasteiger partial charge < -0.3 is 5.32 Å². The molecule has 1 aromatic heterocycles. The summed E-state index contributed by atoms with van der Waals surface area (Å²) in [6, 6.07) is 0. The molecule has 16 heavy (non-hydrogen) atoms. The van der Waals surface area contributed by atoms with Gasteiger partial charge in [0.15, 0.2) is 0 Å². The van der Waals surface area contributed by atoms with Gasteiger partial charge in [0.2, 0.25) is 0 Å². The Labute approximate surface area is 111 Å². The highest BCUT2D eigenvalue weighted by Crippen LogP contribution is 2.30. The van der Waals surface area contributed by atoms with Crippen molar-refractivity contribution in [3.63, 3.8) is 0 Å². The number of hydrogen-bond donors (Lipinski definition) is 1. The second kappa shape index (κ2) is 5.80. The number of nitrogens with one attached hydrogen (secondary N) is 1. The van der Waals surface area contributed by atoms with Gasteiger partial charge >= 0.3 is 0 Å². The summed E-state index contributed by atoms with van der Waals surface area (Å²) < 4.78 is 1.09. The van der Waals surface area contributed by atoms with E-state index >= 15 is 0 Å². The first kappa shape index (κ1) is 12.1. The summed E-state index contributed by atoms with van der Waals surface area (Å²) in [7, 11) is 1.92. The zero-order valence-corrected chi connectivity index (χ0v) is 11.8. The minimum absolute atomic E-state index is 0.576. The van der Waals surface area contributed by atoms with E-state index in [9.17, 15) is 0 Å². The lowest BCUT2D eigenvalue weighted by atomic mass is 9.99. The number of anilines is 1. The molecule has 4 heteroatoms. The van der Waals surface area contributed by atoms with Crippen LogP contribution < -0.4 is 5.32 Å². The topological polar surface area (TPSA) is 37.8 Å². The smallest absolute Gasteiger partial charge is 0.142 e. The van der Waals surface area contributed by atoms with Gasteiger partial charge in [-0.1, -0.05) is 25.7 Å². The predicted molar refractivity (Wildman–Crippen MR) is 74.7 cm³/mol. The Bertz CT molecular complexity index is 346. The van der Waals surface area contributed by atoms with Crippen molar-refractivity contribution < 1.29 is 0 Å². The van der Waals surface area contributed by atoms with Crippen molar-refractivity contribution in [3.05, 3.63) is 15.6 Å². The number of rotatable bonds is 2. The highest BCUT2D eigenvalue weighted by Gasteiger charge is 2.17. The van der Waals surface area contributed by atoms with Crippen LogP contribution in [-0.4, -0.2) is 17.0 Å². The molecule has 0 atom stereocenters. The van der Waals surface area contributed by atoms with Crippen LogP contribution in [0.1, 0.15) is 50.3 Å². The summed E-state index contributed by atoms with van der Waals surface area (Å²) >= 11 is 2.27. The normalized spacial score (nSPS) is 18.1. The molecule has 0 bridgehead atoms. The molecule has 1 aromatic rings. The third-order valence-corrected chi connectivity index (χ3v) is 4.01. The molecule has 2 rings (SSSR count). The number of halogens is 1. The van der Waals surface area contributed by atoms with Crippen molar-refractivity contribution >= 4 is 28.4 Å². The highest BCUT2D eigenvalue weighted by molar-refractivity contribution is 14.1. The fourth-order valence-corrected chi connectivity index (χ4v) is 2.82. The average molecular weight is 331 g/mol. The van der Waals surface area contributed by atoms with Crippen LogP contribution in [0.3, 0.4) is 0 Å². The summed E-state index contributed by atoms with van der Waals surface area (Å²) in [5.74, 6) is 2.58. The van der Waals surface area contributed by atoms with E-state index in [1.165, 1.54) is 38.5 Å². The fourth-order valence-electron chi connectivity index (χ4n) is 2.29. The Morgan fingerprint density at radius 2 is 1.94 bits per heavy atom. The molecule has 88 valence electrons. The first-order valence-electron chi connectivity index (χ1n) is 6.01. The Balaban J connectivity index is 2.18. The van der Waals surface area contributed by atoms with Gasteiger partial charge in [0.1, 0.15) is 11.6 Å². The highest BCUT2D eigenvalue weighted by atomic mass is 127. The Morgan fingerprint density at radius 1 is 1.25 bits per heavy atom. The van der Waals surface area contributed by atoms with Gasteiger partial charge in [-0.25, -0.2) is 9.97 Å². The molecule has 1 aliphatic carbocycles. The fraction of sp³-hybridized carbons (Fsp3) is 0.667. The minimum Gasteiger partial charge on any atom is -0.372 e. The zero-order chi connectivity index (χ0) is 11.4. The second-order valence-electron chi connectivity index (χ2n) is 4.36. The van der Waals surface area contributed by atoms with Crippen molar-refractivity contribution in [2.75, 3.05) is 12.4 Å². The van der Waals surface area contributed by atoms with Crippen LogP contribution in [-0.2, 0) is 0 Å². The van der Waals surface area contributed by atoms with E-state index in [0.717, 1.165) is 15.2 Å². The van der Waals surface area contributed by atoms with Crippen molar-refractivity contribution in [2.24, 2.45) is 0 Å². The second-order valence-corrected chi connectivity index (χ2v) is 5.53. The number of nitrogens with zero attached hydrogens (tertiary/aromatic N) is 2. The van der Waals surface area contributed by atoms with Gasteiger partial charge in [-0.3, -0.25) is 0 Å². The number of hydrogen-bond acceptors (Lipinski definition) is 3. The van der Waals surface area contributed by atoms with Gasteiger partial charge in [0, 0.05) is 19.2 Å². The van der Waals surface area contributed by atoms with E-state index in [1.54, 1.807) is 0 Å². The summed E-state index contributed by atoms with van der Waals surface area (Å²) in [6.45, 7) is 0. The Morgan fingerprint density at radius 3 is 2.56 bits per heavy atom. The van der Waals surface area contributed by atoms with Crippen molar-refractivity contribution in [1.82, 2.24) is 9.97 Å². The Hall–Kier alpha value is -0.390. The van der Waals surface area contributed by atoms with Crippen molar-refractivity contribution in [2.45, 2.75) is 44.4 Å². The van der Waals surface area contributed by atoms with E-state index in [2.05, 4.69) is 37.9 Å². The van der Waals surface area contributed by atoms with E-state index in [1.807, 2.05) is 13.2 Å². The van der Waals surface area contributed by atoms with Crippen LogP contribution >= 0.6 is 22.6 Å². The van der Waals surface area contributed by atoms with E-state index < -0.39 is 0 Å². The maximum Gasteiger partial charge on any atom is 0.142 e. The molecule has 1 aliphatic rings. The summed E-state index contributed by atoms with van der Waals surface area (Å²) in [5.41, 5.74) is 0. The Kier molecular flexibility index (Phi) is 4.37. The third-order valence-electron chi connectivity index (χ3n) is 3.22. The van der Waals surface area contributed by atoms with Crippen LogP contribution in [0.5, 0.6) is 0 Å². The van der Waals surface area contributed by atoms with Crippen molar-refractivity contribution in [1.29, 1.82) is 0 Å². The van der Waals surface area contributed by atoms with Gasteiger partial charge in [-0.05, 0) is 35.4 Å². The standard InChI is InChI=1S/C12H18IN3/c1-14-12-10(13)8-15-11(16-12)9-6-4-2-3-5-7-9/h8-9H,2-7H2,1H3,(H,14,15,16). The monoisotopic (exact) mass is 331 g/mol. The quantitative estimate of drug-likeness (QED) is 0.665. The van der Waals surface area contributed by atoms with E-state index in [4.69, 9.17) is 0 Å². The van der Waals surface area contributed by atoms with Gasteiger partial charge in [0.25, 0.3) is 0 Å². The molecule has 1 saturated carbocycles. The maximum absolute atomic E-state index is 4.63. The molecule has 3 nitrogen and oxygen atoms in total. The molecule has 0 spiro atoms. The summed E-state index contributed by atoms with van der Waals surface area (Å²) in [4.78, 5) is 9.12. The van der Waals surface area contributed by atoms with Crippen LogP contribution in [0, 0.1) is 3.57 Å². The predicted octanol–water partition coefficient (Wildman–Crippen LogP) is 3.56. The van der Waals surface area contributed by atoms with E-state index in [0.29, 0.717) is 5.92 Å². The first-order valence-corrected chi connectivity index (χ1v) is 7.09. The minimum atomic E-state index is 0.576. The van der Waals surface area contributed by atoms with Crippen LogP contribution in [0.15, 0.2) is 6.20 Å². The van der Waals surface area contributed by atoms with Crippen LogP contribution in [0.25, 0.3) is 0 Å². The molecule has 0 aliphatic heterocycles. The molecule has 0 saturated heterocycles. The maximum atomic E-state index is 4.63. The zero-order valence-electron chi connectivity index (χ0n) is 9.67. The van der Waals surface area contributed by atoms with Gasteiger partial charge in [-0.15, -0.1) is 0 Å². The molecule has 0 aromatic carbocycles. The molecule has 1 N–H and O–H groups in total. The number of aromatic nitrogens is 2. The molecule has 1 heterocycles. The SMILES string of the molecule is CNc1nc(C2CCCCCC2)ncc1I. The molecular weight excluding hydrogens is 313 g/mol. The third kappa shape index (κ3) is 2.84. The molecule has 0 radical (unpaired) electrons. The van der Waals surface area contributed by atoms with Gasteiger partial charge in [0.05, 0.1) is 3.57 Å². The largest absolute Gasteiger partial charge is 0.372 e. The van der Waals surface area contributed by atoms with Gasteiger partial charge in [-0.2, -0.15) is 0 Å². The molecule has 1 fully saturated rings. The lowest BCUT2D eigenvalue weighted by Crippen LogP contribution is -2.07. The first-order chi connectivity index (χ1) is 7.81. The molecule has 0 unspecified atom stereocenters. The summed E-state index contributed by atoms with van der Waals surface area (Å²) in [5, 5.41) is 3.13. The molecular formula is C12H18IN3. The van der Waals surface area contributed by atoms with E-state index in [-0.39, 0.29) is 0 Å². The lowest BCUT2D eigenvalue weighted by molar-refractivity contribution is 0.560. The average Bonchev–Trinajstić information content (AvgIpc) is 2.58. The molecule has 0 amide bonds.